The van der Waals surface area contributed by atoms with Gasteiger partial charge in [-0.3, -0.25) is 9.59 Å². The molecule has 0 aliphatic rings. The number of ether oxygens (including phenoxy) is 1. The van der Waals surface area contributed by atoms with Gasteiger partial charge < -0.3 is 9.64 Å². The van der Waals surface area contributed by atoms with E-state index in [2.05, 4.69) is 4.98 Å². The molecule has 8 heteroatoms. The molecule has 0 unspecified atom stereocenters. The molecule has 130 valence electrons. The van der Waals surface area contributed by atoms with E-state index in [-0.39, 0.29) is 19.4 Å². The standard InChI is InChI=1S/C17H16ClN3O3S/c1-12-20-14(11-25-12)9-17(23)24-10-16(22)21(7-3-6-19)15-5-2-4-13(18)8-15/h2,4-5,8,11H,3,7,9-10H2,1H3. The van der Waals surface area contributed by atoms with Gasteiger partial charge in [0.25, 0.3) is 5.91 Å². The van der Waals surface area contributed by atoms with Gasteiger partial charge in [-0.2, -0.15) is 5.26 Å². The molecule has 0 aliphatic carbocycles. The van der Waals surface area contributed by atoms with Gasteiger partial charge in [-0.1, -0.05) is 17.7 Å². The lowest BCUT2D eigenvalue weighted by Gasteiger charge is -2.21. The largest absolute Gasteiger partial charge is 0.455 e. The lowest BCUT2D eigenvalue weighted by molar-refractivity contribution is -0.147. The van der Waals surface area contributed by atoms with Gasteiger partial charge in [-0.05, 0) is 25.1 Å². The van der Waals surface area contributed by atoms with Crippen molar-refractivity contribution in [3.8, 4) is 6.07 Å². The Morgan fingerprint density at radius 1 is 1.44 bits per heavy atom. The van der Waals surface area contributed by atoms with Crippen LogP contribution in [0.4, 0.5) is 5.69 Å². The van der Waals surface area contributed by atoms with Crippen molar-refractivity contribution in [2.24, 2.45) is 0 Å². The lowest BCUT2D eigenvalue weighted by atomic mass is 10.2. The first-order chi connectivity index (χ1) is 12.0. The van der Waals surface area contributed by atoms with Gasteiger partial charge in [-0.25, -0.2) is 4.98 Å². The van der Waals surface area contributed by atoms with E-state index in [1.54, 1.807) is 29.6 Å². The van der Waals surface area contributed by atoms with Crippen LogP contribution in [0.3, 0.4) is 0 Å². The number of thiazole rings is 1. The highest BCUT2D eigenvalue weighted by Crippen LogP contribution is 2.20. The molecule has 0 spiro atoms. The van der Waals surface area contributed by atoms with E-state index < -0.39 is 18.5 Å². The van der Waals surface area contributed by atoms with E-state index in [4.69, 9.17) is 21.6 Å². The summed E-state index contributed by atoms with van der Waals surface area (Å²) in [5.41, 5.74) is 1.18. The fraction of sp³-hybridized carbons (Fsp3) is 0.294. The van der Waals surface area contributed by atoms with Crippen molar-refractivity contribution in [1.82, 2.24) is 4.98 Å². The van der Waals surface area contributed by atoms with Crippen LogP contribution >= 0.6 is 22.9 Å². The Kier molecular flexibility index (Phi) is 6.92. The average Bonchev–Trinajstić information content (AvgIpc) is 2.98. The molecule has 1 aromatic heterocycles. The SMILES string of the molecule is Cc1nc(CC(=O)OCC(=O)N(CCC#N)c2cccc(Cl)c2)cs1. The topological polar surface area (TPSA) is 83.3 Å². The average molecular weight is 378 g/mol. The van der Waals surface area contributed by atoms with Crippen molar-refractivity contribution in [2.75, 3.05) is 18.1 Å². The van der Waals surface area contributed by atoms with Gasteiger partial charge >= 0.3 is 5.97 Å². The molecule has 0 radical (unpaired) electrons. The number of halogens is 1. The van der Waals surface area contributed by atoms with E-state index in [0.29, 0.717) is 16.4 Å². The summed E-state index contributed by atoms with van der Waals surface area (Å²) in [5.74, 6) is -0.940. The van der Waals surface area contributed by atoms with Crippen molar-refractivity contribution < 1.29 is 14.3 Å². The number of aryl methyl sites for hydroxylation is 1. The number of hydrogen-bond acceptors (Lipinski definition) is 6. The molecule has 2 aromatic rings. The van der Waals surface area contributed by atoms with Crippen LogP contribution < -0.4 is 4.90 Å². The second-order valence-electron chi connectivity index (χ2n) is 5.13. The predicted molar refractivity (Wildman–Crippen MR) is 95.5 cm³/mol. The number of benzene rings is 1. The molecule has 6 nitrogen and oxygen atoms in total. The number of aromatic nitrogens is 1. The fourth-order valence-electron chi connectivity index (χ4n) is 2.11. The van der Waals surface area contributed by atoms with Gasteiger partial charge in [0.15, 0.2) is 6.61 Å². The summed E-state index contributed by atoms with van der Waals surface area (Å²) in [7, 11) is 0. The van der Waals surface area contributed by atoms with Crippen molar-refractivity contribution in [2.45, 2.75) is 19.8 Å². The van der Waals surface area contributed by atoms with Gasteiger partial charge in [0.2, 0.25) is 0 Å². The minimum Gasteiger partial charge on any atom is -0.455 e. The van der Waals surface area contributed by atoms with E-state index in [9.17, 15) is 9.59 Å². The molecule has 1 heterocycles. The second kappa shape index (κ2) is 9.16. The third-order valence-corrected chi connectivity index (χ3v) is 4.27. The minimum atomic E-state index is -0.523. The highest BCUT2D eigenvalue weighted by atomic mass is 35.5. The van der Waals surface area contributed by atoms with Crippen LogP contribution in [0.15, 0.2) is 29.6 Å². The zero-order valence-corrected chi connectivity index (χ0v) is 15.1. The van der Waals surface area contributed by atoms with Crippen molar-refractivity contribution >= 4 is 40.5 Å². The molecule has 1 amide bonds. The van der Waals surface area contributed by atoms with Crippen LogP contribution in [0.5, 0.6) is 0 Å². The highest BCUT2D eigenvalue weighted by molar-refractivity contribution is 7.09. The highest BCUT2D eigenvalue weighted by Gasteiger charge is 2.18. The zero-order valence-electron chi connectivity index (χ0n) is 13.6. The number of nitrogens with zero attached hydrogens (tertiary/aromatic N) is 3. The summed E-state index contributed by atoms with van der Waals surface area (Å²) in [5, 5.41) is 11.9. The third-order valence-electron chi connectivity index (χ3n) is 3.22. The maximum absolute atomic E-state index is 12.4. The van der Waals surface area contributed by atoms with Crippen molar-refractivity contribution in [3.63, 3.8) is 0 Å². The van der Waals surface area contributed by atoms with Gasteiger partial charge in [0, 0.05) is 22.6 Å². The molecule has 0 N–H and O–H groups in total. The Bertz CT molecular complexity index is 800. The number of nitriles is 1. The Morgan fingerprint density at radius 3 is 2.88 bits per heavy atom. The van der Waals surface area contributed by atoms with Crippen molar-refractivity contribution in [3.05, 3.63) is 45.4 Å². The summed E-state index contributed by atoms with van der Waals surface area (Å²) < 4.78 is 5.05. The van der Waals surface area contributed by atoms with Gasteiger partial charge in [-0.15, -0.1) is 11.3 Å². The van der Waals surface area contributed by atoms with Crippen LogP contribution in [-0.4, -0.2) is 30.0 Å². The number of carbonyl (C=O) groups is 2. The molecule has 0 saturated carbocycles. The monoisotopic (exact) mass is 377 g/mol. The first kappa shape index (κ1) is 18.9. The molecule has 0 bridgehead atoms. The Morgan fingerprint density at radius 2 is 2.24 bits per heavy atom. The summed E-state index contributed by atoms with van der Waals surface area (Å²) in [6.07, 6.45) is 0.178. The molecule has 2 rings (SSSR count). The number of rotatable bonds is 7. The predicted octanol–water partition coefficient (Wildman–Crippen LogP) is 3.14. The Hall–Kier alpha value is -2.43. The lowest BCUT2D eigenvalue weighted by Crippen LogP contribution is -2.35. The van der Waals surface area contributed by atoms with Crippen LogP contribution in [0.2, 0.25) is 5.02 Å². The van der Waals surface area contributed by atoms with Crippen molar-refractivity contribution in [1.29, 1.82) is 5.26 Å². The first-order valence-corrected chi connectivity index (χ1v) is 8.75. The van der Waals surface area contributed by atoms with Crippen LogP contribution in [0, 0.1) is 18.3 Å². The summed E-state index contributed by atoms with van der Waals surface area (Å²) in [4.78, 5) is 29.8. The summed E-state index contributed by atoms with van der Waals surface area (Å²) in [6, 6.07) is 8.72. The number of amides is 1. The first-order valence-electron chi connectivity index (χ1n) is 7.49. The maximum Gasteiger partial charge on any atom is 0.312 e. The molecule has 0 atom stereocenters. The zero-order chi connectivity index (χ0) is 18.2. The quantitative estimate of drug-likeness (QED) is 0.692. The molecule has 1 aromatic carbocycles. The second-order valence-corrected chi connectivity index (χ2v) is 6.63. The van der Waals surface area contributed by atoms with Gasteiger partial charge in [0.05, 0.1) is 29.6 Å². The van der Waals surface area contributed by atoms with Crippen LogP contribution in [0.1, 0.15) is 17.1 Å². The fourth-order valence-corrected chi connectivity index (χ4v) is 2.91. The minimum absolute atomic E-state index is 0.0208. The smallest absolute Gasteiger partial charge is 0.312 e. The molecular weight excluding hydrogens is 362 g/mol. The molecule has 0 fully saturated rings. The number of anilines is 1. The number of hydrogen-bond donors (Lipinski definition) is 0. The van der Waals surface area contributed by atoms with E-state index >= 15 is 0 Å². The Balaban J connectivity index is 1.97. The summed E-state index contributed by atoms with van der Waals surface area (Å²) in [6.45, 7) is 1.64. The van der Waals surface area contributed by atoms with Crippen LogP contribution in [0.25, 0.3) is 0 Å². The number of carbonyl (C=O) groups excluding carboxylic acids is 2. The maximum atomic E-state index is 12.4. The molecule has 0 saturated heterocycles. The molecule has 25 heavy (non-hydrogen) atoms. The number of esters is 1. The van der Waals surface area contributed by atoms with Gasteiger partial charge in [0.1, 0.15) is 0 Å². The summed E-state index contributed by atoms with van der Waals surface area (Å²) >= 11 is 7.40. The Labute approximate surface area is 154 Å². The molecular formula is C17H16ClN3O3S. The normalized spacial score (nSPS) is 10.1. The van der Waals surface area contributed by atoms with E-state index in [1.165, 1.54) is 16.2 Å². The van der Waals surface area contributed by atoms with E-state index in [1.807, 2.05) is 13.0 Å². The van der Waals surface area contributed by atoms with Crippen LogP contribution in [-0.2, 0) is 20.7 Å². The molecule has 0 aliphatic heterocycles. The third kappa shape index (κ3) is 5.85. The van der Waals surface area contributed by atoms with E-state index in [0.717, 1.165) is 5.01 Å².